The Morgan fingerprint density at radius 2 is 2.16 bits per heavy atom. The molecule has 1 aliphatic heterocycles. The average molecular weight is 343 g/mol. The molecule has 2 heterocycles. The number of rotatable bonds is 5. The molecule has 0 radical (unpaired) electrons. The van der Waals surface area contributed by atoms with Crippen LogP contribution in [0.5, 0.6) is 5.75 Å². The minimum Gasteiger partial charge on any atom is -0.497 e. The predicted molar refractivity (Wildman–Crippen MR) is 91.1 cm³/mol. The number of carboxylic acids is 1. The molecule has 2 aromatic rings. The van der Waals surface area contributed by atoms with Crippen LogP contribution >= 0.6 is 0 Å². The zero-order valence-electron chi connectivity index (χ0n) is 14.3. The topological polar surface area (TPSA) is 80.0 Å². The Labute approximate surface area is 146 Å². The molecular formula is C19H21NO5. The van der Waals surface area contributed by atoms with Crippen LogP contribution in [0.25, 0.3) is 0 Å². The number of methoxy groups -OCH3 is 1. The van der Waals surface area contributed by atoms with Crippen LogP contribution in [0.1, 0.15) is 58.0 Å². The molecule has 1 fully saturated rings. The number of carbonyl (C=O) groups excluding carboxylic acids is 1. The van der Waals surface area contributed by atoms with Crippen LogP contribution < -0.4 is 4.74 Å². The van der Waals surface area contributed by atoms with E-state index in [-0.39, 0.29) is 23.3 Å². The summed E-state index contributed by atoms with van der Waals surface area (Å²) >= 11 is 0. The third-order valence-corrected chi connectivity index (χ3v) is 4.56. The molecule has 1 amide bonds. The molecule has 6 nitrogen and oxygen atoms in total. The number of aromatic carboxylic acids is 1. The second-order valence-corrected chi connectivity index (χ2v) is 6.04. The minimum atomic E-state index is -1.08. The van der Waals surface area contributed by atoms with Crippen LogP contribution in [0.2, 0.25) is 0 Å². The number of nitrogens with zero attached hydrogens (tertiary/aromatic N) is 1. The van der Waals surface area contributed by atoms with Crippen molar-refractivity contribution in [3.05, 3.63) is 53.0 Å². The maximum Gasteiger partial charge on any atom is 0.339 e. The standard InChI is InChI=1S/C19H21NO5/c1-3-16-14(19(22)23)11-17(25-16)18(21)20-9-5-8-15(20)12-6-4-7-13(10-12)24-2/h4,6-7,10-11,15H,3,5,8-9H2,1-2H3,(H,22,23). The van der Waals surface area contributed by atoms with Gasteiger partial charge in [0.2, 0.25) is 0 Å². The fraction of sp³-hybridized carbons (Fsp3) is 0.368. The lowest BCUT2D eigenvalue weighted by Crippen LogP contribution is -2.30. The monoisotopic (exact) mass is 343 g/mol. The summed E-state index contributed by atoms with van der Waals surface area (Å²) in [6.45, 7) is 2.42. The number of ether oxygens (including phenoxy) is 1. The number of carboxylic acid groups (broad SMARTS) is 1. The van der Waals surface area contributed by atoms with Crippen LogP contribution in [-0.2, 0) is 6.42 Å². The molecule has 1 unspecified atom stereocenters. The van der Waals surface area contributed by atoms with Crippen molar-refractivity contribution in [2.75, 3.05) is 13.7 Å². The van der Waals surface area contributed by atoms with Gasteiger partial charge in [-0.2, -0.15) is 0 Å². The number of furan rings is 1. The highest BCUT2D eigenvalue weighted by Crippen LogP contribution is 2.35. The van der Waals surface area contributed by atoms with Gasteiger partial charge in [-0.3, -0.25) is 4.79 Å². The summed E-state index contributed by atoms with van der Waals surface area (Å²) in [6, 6.07) is 8.94. The van der Waals surface area contributed by atoms with Gasteiger partial charge in [0.25, 0.3) is 5.91 Å². The van der Waals surface area contributed by atoms with Gasteiger partial charge in [0.1, 0.15) is 17.1 Å². The lowest BCUT2D eigenvalue weighted by molar-refractivity contribution is 0.0687. The Hall–Kier alpha value is -2.76. The van der Waals surface area contributed by atoms with E-state index in [1.165, 1.54) is 6.07 Å². The average Bonchev–Trinajstić information content (AvgIpc) is 3.28. The number of amides is 1. The molecule has 1 N–H and O–H groups in total. The van der Waals surface area contributed by atoms with E-state index in [0.29, 0.717) is 18.7 Å². The van der Waals surface area contributed by atoms with E-state index < -0.39 is 5.97 Å². The van der Waals surface area contributed by atoms with Gasteiger partial charge < -0.3 is 19.2 Å². The second kappa shape index (κ2) is 7.01. The Morgan fingerprint density at radius 1 is 1.36 bits per heavy atom. The molecule has 3 rings (SSSR count). The minimum absolute atomic E-state index is 0.0583. The zero-order chi connectivity index (χ0) is 18.0. The second-order valence-electron chi connectivity index (χ2n) is 6.04. The Kier molecular flexibility index (Phi) is 4.79. The summed E-state index contributed by atoms with van der Waals surface area (Å²) in [4.78, 5) is 25.9. The van der Waals surface area contributed by atoms with E-state index in [0.717, 1.165) is 24.2 Å². The van der Waals surface area contributed by atoms with Crippen LogP contribution in [0.3, 0.4) is 0 Å². The van der Waals surface area contributed by atoms with E-state index in [4.69, 9.17) is 9.15 Å². The molecule has 0 spiro atoms. The summed E-state index contributed by atoms with van der Waals surface area (Å²) in [5.41, 5.74) is 1.06. The third kappa shape index (κ3) is 3.24. The quantitative estimate of drug-likeness (QED) is 0.898. The first-order valence-electron chi connectivity index (χ1n) is 8.36. The van der Waals surface area contributed by atoms with Crippen molar-refractivity contribution in [2.24, 2.45) is 0 Å². The summed E-state index contributed by atoms with van der Waals surface area (Å²) in [7, 11) is 1.61. The van der Waals surface area contributed by atoms with Crippen molar-refractivity contribution >= 4 is 11.9 Å². The van der Waals surface area contributed by atoms with Gasteiger partial charge in [0.15, 0.2) is 5.76 Å². The van der Waals surface area contributed by atoms with Gasteiger partial charge in [-0.1, -0.05) is 19.1 Å². The molecular weight excluding hydrogens is 322 g/mol. The normalized spacial score (nSPS) is 16.9. The Bertz CT molecular complexity index is 795. The van der Waals surface area contributed by atoms with Crippen molar-refractivity contribution in [2.45, 2.75) is 32.2 Å². The third-order valence-electron chi connectivity index (χ3n) is 4.56. The van der Waals surface area contributed by atoms with Crippen molar-refractivity contribution in [1.29, 1.82) is 0 Å². The van der Waals surface area contributed by atoms with Crippen LogP contribution in [-0.4, -0.2) is 35.5 Å². The molecule has 132 valence electrons. The summed E-state index contributed by atoms with van der Waals surface area (Å²) in [5, 5.41) is 9.25. The smallest absolute Gasteiger partial charge is 0.339 e. The summed E-state index contributed by atoms with van der Waals surface area (Å²) < 4.78 is 10.8. The summed E-state index contributed by atoms with van der Waals surface area (Å²) in [6.07, 6.45) is 2.17. The molecule has 1 aromatic carbocycles. The number of benzene rings is 1. The molecule has 1 saturated heterocycles. The maximum atomic E-state index is 12.9. The van der Waals surface area contributed by atoms with E-state index in [1.54, 1.807) is 18.9 Å². The maximum absolute atomic E-state index is 12.9. The largest absolute Gasteiger partial charge is 0.497 e. The Morgan fingerprint density at radius 3 is 2.80 bits per heavy atom. The first-order chi connectivity index (χ1) is 12.0. The lowest BCUT2D eigenvalue weighted by Gasteiger charge is -2.24. The molecule has 6 heteroatoms. The van der Waals surface area contributed by atoms with Crippen LogP contribution in [0.4, 0.5) is 0 Å². The highest BCUT2D eigenvalue weighted by atomic mass is 16.5. The van der Waals surface area contributed by atoms with E-state index in [9.17, 15) is 14.7 Å². The molecule has 0 saturated carbocycles. The van der Waals surface area contributed by atoms with Crippen molar-refractivity contribution in [1.82, 2.24) is 4.90 Å². The van der Waals surface area contributed by atoms with Crippen molar-refractivity contribution < 1.29 is 23.8 Å². The van der Waals surface area contributed by atoms with Gasteiger partial charge >= 0.3 is 5.97 Å². The lowest BCUT2D eigenvalue weighted by atomic mass is 10.0. The van der Waals surface area contributed by atoms with Crippen molar-refractivity contribution in [3.63, 3.8) is 0 Å². The zero-order valence-corrected chi connectivity index (χ0v) is 14.3. The SMILES string of the molecule is CCc1oc(C(=O)N2CCCC2c2cccc(OC)c2)cc1C(=O)O. The fourth-order valence-corrected chi connectivity index (χ4v) is 3.32. The molecule has 25 heavy (non-hydrogen) atoms. The van der Waals surface area contributed by atoms with E-state index in [2.05, 4.69) is 0 Å². The molecule has 0 bridgehead atoms. The van der Waals surface area contributed by atoms with Gasteiger partial charge in [-0.15, -0.1) is 0 Å². The molecule has 1 aliphatic rings. The van der Waals surface area contributed by atoms with Crippen LogP contribution in [0.15, 0.2) is 34.7 Å². The number of aryl methyl sites for hydroxylation is 1. The number of likely N-dealkylation sites (tertiary alicyclic amines) is 1. The van der Waals surface area contributed by atoms with Gasteiger partial charge in [-0.25, -0.2) is 4.79 Å². The first kappa shape index (κ1) is 17.1. The fourth-order valence-electron chi connectivity index (χ4n) is 3.32. The number of carbonyl (C=O) groups is 2. The van der Waals surface area contributed by atoms with Gasteiger partial charge in [-0.05, 0) is 30.5 Å². The predicted octanol–water partition coefficient (Wildman–Crippen LogP) is 3.53. The molecule has 1 atom stereocenters. The summed E-state index contributed by atoms with van der Waals surface area (Å²) in [5.74, 6) is -0.189. The number of hydrogen-bond donors (Lipinski definition) is 1. The molecule has 1 aromatic heterocycles. The van der Waals surface area contributed by atoms with E-state index >= 15 is 0 Å². The molecule has 0 aliphatic carbocycles. The Balaban J connectivity index is 1.89. The number of hydrogen-bond acceptors (Lipinski definition) is 4. The highest BCUT2D eigenvalue weighted by molar-refractivity contribution is 5.96. The van der Waals surface area contributed by atoms with Crippen LogP contribution in [0, 0.1) is 0 Å². The van der Waals surface area contributed by atoms with Gasteiger partial charge in [0, 0.05) is 19.0 Å². The highest BCUT2D eigenvalue weighted by Gasteiger charge is 2.33. The van der Waals surface area contributed by atoms with E-state index in [1.807, 2.05) is 24.3 Å². The van der Waals surface area contributed by atoms with Gasteiger partial charge in [0.05, 0.1) is 13.2 Å². The van der Waals surface area contributed by atoms with Crippen molar-refractivity contribution in [3.8, 4) is 5.75 Å². The first-order valence-corrected chi connectivity index (χ1v) is 8.36.